The Morgan fingerprint density at radius 1 is 0.871 bits per heavy atom. The maximum absolute atomic E-state index is 12.7. The summed E-state index contributed by atoms with van der Waals surface area (Å²) in [5, 5.41) is 2.66. The molecule has 4 nitrogen and oxygen atoms in total. The zero-order valence-electron chi connectivity index (χ0n) is 16.5. The summed E-state index contributed by atoms with van der Waals surface area (Å²) in [5.74, 6) is -0.413. The van der Waals surface area contributed by atoms with E-state index in [0.717, 1.165) is 23.3 Å². The molecule has 0 spiro atoms. The monoisotopic (exact) mass is 426 g/mol. The van der Waals surface area contributed by atoms with Crippen molar-refractivity contribution in [2.75, 3.05) is 6.54 Å². The van der Waals surface area contributed by atoms with Crippen molar-refractivity contribution in [2.45, 2.75) is 18.8 Å². The fourth-order valence-electron chi connectivity index (χ4n) is 3.27. The molecule has 0 aliphatic carbocycles. The molecule has 1 N–H and O–H groups in total. The van der Waals surface area contributed by atoms with Crippen LogP contribution in [0.2, 0.25) is 0 Å². The highest BCUT2D eigenvalue weighted by atomic mass is 19.4. The van der Waals surface area contributed by atoms with E-state index in [1.807, 2.05) is 60.7 Å². The normalized spacial score (nSPS) is 11.2. The standard InChI is InChI=1S/C24H21F3N2O2/c25-24(26,27)21-13-11-18(12-14-21)15-28-22(31)16-29(17-30)23(19-7-3-1-4-8-19)20-9-5-2-6-10-20/h1-14,17,23H,15-16H2,(H,28,31). The molecule has 0 aromatic heterocycles. The zero-order valence-corrected chi connectivity index (χ0v) is 16.5. The van der Waals surface area contributed by atoms with Crippen LogP contribution in [0.25, 0.3) is 0 Å². The average molecular weight is 426 g/mol. The minimum Gasteiger partial charge on any atom is -0.350 e. The van der Waals surface area contributed by atoms with Crippen molar-refractivity contribution >= 4 is 12.3 Å². The number of benzene rings is 3. The second kappa shape index (κ2) is 9.93. The maximum atomic E-state index is 12.7. The minimum absolute atomic E-state index is 0.0605. The lowest BCUT2D eigenvalue weighted by Gasteiger charge is -2.29. The summed E-state index contributed by atoms with van der Waals surface area (Å²) in [4.78, 5) is 25.8. The summed E-state index contributed by atoms with van der Waals surface area (Å²) in [5.41, 5.74) is 1.50. The molecule has 0 atom stereocenters. The maximum Gasteiger partial charge on any atom is 0.416 e. The molecule has 3 rings (SSSR count). The molecule has 0 heterocycles. The lowest BCUT2D eigenvalue weighted by Crippen LogP contribution is -2.38. The van der Waals surface area contributed by atoms with Crippen molar-refractivity contribution in [1.29, 1.82) is 0 Å². The number of halogens is 3. The molecule has 3 aromatic carbocycles. The molecule has 0 bridgehead atoms. The van der Waals surface area contributed by atoms with Gasteiger partial charge in [-0.1, -0.05) is 72.8 Å². The fraction of sp³-hybridized carbons (Fsp3) is 0.167. The van der Waals surface area contributed by atoms with Crippen LogP contribution in [0.5, 0.6) is 0 Å². The van der Waals surface area contributed by atoms with Crippen molar-refractivity contribution in [2.24, 2.45) is 0 Å². The highest BCUT2D eigenvalue weighted by molar-refractivity contribution is 5.80. The summed E-state index contributed by atoms with van der Waals surface area (Å²) in [6, 6.07) is 22.8. The molecular weight excluding hydrogens is 405 g/mol. The van der Waals surface area contributed by atoms with Gasteiger partial charge in [-0.2, -0.15) is 13.2 Å². The van der Waals surface area contributed by atoms with E-state index in [0.29, 0.717) is 12.0 Å². The average Bonchev–Trinajstić information content (AvgIpc) is 2.78. The highest BCUT2D eigenvalue weighted by Crippen LogP contribution is 2.29. The Kier molecular flexibility index (Phi) is 7.07. The molecule has 0 fully saturated rings. The molecule has 2 amide bonds. The Labute approximate surface area is 178 Å². The van der Waals surface area contributed by atoms with Crippen LogP contribution in [0, 0.1) is 0 Å². The summed E-state index contributed by atoms with van der Waals surface area (Å²) < 4.78 is 38.0. The molecule has 0 aliphatic heterocycles. The number of rotatable bonds is 8. The Balaban J connectivity index is 1.69. The smallest absolute Gasteiger partial charge is 0.350 e. The lowest BCUT2D eigenvalue weighted by atomic mass is 9.97. The van der Waals surface area contributed by atoms with E-state index in [2.05, 4.69) is 5.32 Å². The van der Waals surface area contributed by atoms with E-state index in [-0.39, 0.29) is 13.1 Å². The first kappa shape index (κ1) is 22.1. The quantitative estimate of drug-likeness (QED) is 0.537. The van der Waals surface area contributed by atoms with E-state index >= 15 is 0 Å². The third-order valence-corrected chi connectivity index (χ3v) is 4.79. The van der Waals surface area contributed by atoms with Crippen molar-refractivity contribution in [1.82, 2.24) is 10.2 Å². The van der Waals surface area contributed by atoms with Crippen LogP contribution in [-0.2, 0) is 22.3 Å². The van der Waals surface area contributed by atoms with Crippen LogP contribution in [0.15, 0.2) is 84.9 Å². The van der Waals surface area contributed by atoms with Crippen LogP contribution in [0.3, 0.4) is 0 Å². The molecule has 0 saturated carbocycles. The molecular formula is C24H21F3N2O2. The Hall–Kier alpha value is -3.61. The van der Waals surface area contributed by atoms with Gasteiger partial charge in [-0.3, -0.25) is 9.59 Å². The van der Waals surface area contributed by atoms with Gasteiger partial charge in [0.15, 0.2) is 0 Å². The van der Waals surface area contributed by atoms with Gasteiger partial charge in [0.2, 0.25) is 12.3 Å². The van der Waals surface area contributed by atoms with E-state index in [4.69, 9.17) is 0 Å². The first-order chi connectivity index (χ1) is 14.9. The second-order valence-corrected chi connectivity index (χ2v) is 6.97. The van der Waals surface area contributed by atoms with E-state index in [1.54, 1.807) is 0 Å². The van der Waals surface area contributed by atoms with Crippen molar-refractivity contribution < 1.29 is 22.8 Å². The molecule has 0 radical (unpaired) electrons. The van der Waals surface area contributed by atoms with Crippen LogP contribution in [-0.4, -0.2) is 23.8 Å². The van der Waals surface area contributed by atoms with Gasteiger partial charge in [0.1, 0.15) is 6.54 Å². The van der Waals surface area contributed by atoms with Gasteiger partial charge in [-0.15, -0.1) is 0 Å². The Bertz CT molecular complexity index is 951. The third-order valence-electron chi connectivity index (χ3n) is 4.79. The number of nitrogens with one attached hydrogen (secondary N) is 1. The predicted molar refractivity (Wildman–Crippen MR) is 111 cm³/mol. The van der Waals surface area contributed by atoms with Crippen molar-refractivity contribution in [3.05, 3.63) is 107 Å². The van der Waals surface area contributed by atoms with Crippen molar-refractivity contribution in [3.63, 3.8) is 0 Å². The summed E-state index contributed by atoms with van der Waals surface area (Å²) in [6.45, 7) is -0.135. The van der Waals surface area contributed by atoms with Crippen LogP contribution < -0.4 is 5.32 Å². The number of hydrogen-bond donors (Lipinski definition) is 1. The van der Waals surface area contributed by atoms with Crippen LogP contribution >= 0.6 is 0 Å². The van der Waals surface area contributed by atoms with E-state index in [9.17, 15) is 22.8 Å². The van der Waals surface area contributed by atoms with Gasteiger partial charge in [0.25, 0.3) is 0 Å². The molecule has 3 aromatic rings. The molecule has 7 heteroatoms. The molecule has 0 unspecified atom stereocenters. The predicted octanol–water partition coefficient (Wildman–Crippen LogP) is 4.57. The second-order valence-electron chi connectivity index (χ2n) is 6.97. The van der Waals surface area contributed by atoms with Gasteiger partial charge < -0.3 is 10.2 Å². The number of carbonyl (C=O) groups is 2. The number of alkyl halides is 3. The van der Waals surface area contributed by atoms with Gasteiger partial charge in [-0.05, 0) is 28.8 Å². The molecule has 160 valence electrons. The first-order valence-corrected chi connectivity index (χ1v) is 9.62. The Morgan fingerprint density at radius 3 is 1.84 bits per heavy atom. The van der Waals surface area contributed by atoms with Crippen molar-refractivity contribution in [3.8, 4) is 0 Å². The lowest BCUT2D eigenvalue weighted by molar-refractivity contribution is -0.137. The van der Waals surface area contributed by atoms with Gasteiger partial charge in [-0.25, -0.2) is 0 Å². The van der Waals surface area contributed by atoms with Gasteiger partial charge in [0.05, 0.1) is 11.6 Å². The summed E-state index contributed by atoms with van der Waals surface area (Å²) in [7, 11) is 0. The Morgan fingerprint density at radius 2 is 1.39 bits per heavy atom. The van der Waals surface area contributed by atoms with Crippen LogP contribution in [0.1, 0.15) is 28.3 Å². The van der Waals surface area contributed by atoms with Gasteiger partial charge in [0, 0.05) is 6.54 Å². The topological polar surface area (TPSA) is 49.4 Å². The molecule has 31 heavy (non-hydrogen) atoms. The highest BCUT2D eigenvalue weighted by Gasteiger charge is 2.30. The largest absolute Gasteiger partial charge is 0.416 e. The summed E-state index contributed by atoms with van der Waals surface area (Å²) in [6.07, 6.45) is -3.78. The molecule has 0 saturated heterocycles. The van der Waals surface area contributed by atoms with Gasteiger partial charge >= 0.3 is 6.18 Å². The zero-order chi connectivity index (χ0) is 22.3. The minimum atomic E-state index is -4.41. The SMILES string of the molecule is O=CN(CC(=O)NCc1ccc(C(F)(F)F)cc1)C(c1ccccc1)c1ccccc1. The number of nitrogens with zero attached hydrogens (tertiary/aromatic N) is 1. The first-order valence-electron chi connectivity index (χ1n) is 9.62. The number of carbonyl (C=O) groups excluding carboxylic acids is 2. The van der Waals surface area contributed by atoms with E-state index in [1.165, 1.54) is 17.0 Å². The number of amides is 2. The molecule has 0 aliphatic rings. The third kappa shape index (κ3) is 5.94. The number of hydrogen-bond acceptors (Lipinski definition) is 2. The fourth-order valence-corrected chi connectivity index (χ4v) is 3.27. The van der Waals surface area contributed by atoms with E-state index < -0.39 is 23.7 Å². The van der Waals surface area contributed by atoms with Crippen LogP contribution in [0.4, 0.5) is 13.2 Å². The summed E-state index contributed by atoms with van der Waals surface area (Å²) >= 11 is 0.